The Balaban J connectivity index is 3.28. The van der Waals surface area contributed by atoms with Gasteiger partial charge in [0.25, 0.3) is 0 Å². The van der Waals surface area contributed by atoms with Gasteiger partial charge in [-0.2, -0.15) is 0 Å². The smallest absolute Gasteiger partial charge is 0.360 e. The van der Waals surface area contributed by atoms with E-state index in [0.29, 0.717) is 5.57 Å². The van der Waals surface area contributed by atoms with Crippen LogP contribution in [0.15, 0.2) is 35.9 Å². The van der Waals surface area contributed by atoms with Gasteiger partial charge in [0.15, 0.2) is 5.34 Å². The zero-order chi connectivity index (χ0) is 13.3. The molecule has 0 saturated carbocycles. The molecule has 3 N–H and O–H groups in total. The monoisotopic (exact) mass is 256 g/mol. The molecule has 1 aromatic rings. The molecule has 1 rings (SSSR count). The summed E-state index contributed by atoms with van der Waals surface area (Å²) in [5.74, 6) is 0. The van der Waals surface area contributed by atoms with Crippen LogP contribution in [0.25, 0.3) is 5.57 Å². The number of hydrogen-bond donors (Lipinski definition) is 3. The molecule has 0 fully saturated rings. The summed E-state index contributed by atoms with van der Waals surface area (Å²) in [7, 11) is -4.60. The number of hydrogen-bond acceptors (Lipinski definition) is 2. The Kier molecular flexibility index (Phi) is 3.95. The summed E-state index contributed by atoms with van der Waals surface area (Å²) in [6, 6.07) is 9.17. The van der Waals surface area contributed by atoms with E-state index in [1.54, 1.807) is 6.92 Å². The van der Waals surface area contributed by atoms with Crippen molar-refractivity contribution >= 4 is 13.2 Å². The summed E-state index contributed by atoms with van der Waals surface area (Å²) in [4.78, 5) is 18.3. The summed E-state index contributed by atoms with van der Waals surface area (Å²) in [6.45, 7) is 4.39. The first-order valence-corrected chi connectivity index (χ1v) is 6.80. The second-order valence-corrected chi connectivity index (χ2v) is 6.14. The number of benzene rings is 1. The highest BCUT2D eigenvalue weighted by atomic mass is 31.2. The Morgan fingerprint density at radius 3 is 2.06 bits per heavy atom. The fourth-order valence-electron chi connectivity index (χ4n) is 1.48. The normalized spacial score (nSPS) is 17.3. The van der Waals surface area contributed by atoms with E-state index in [-0.39, 0.29) is 5.57 Å². The third kappa shape index (κ3) is 2.85. The summed E-state index contributed by atoms with van der Waals surface area (Å²) in [5.41, 5.74) is 1.77. The molecule has 0 heterocycles. The molecule has 0 saturated heterocycles. The molecular weight excluding hydrogens is 239 g/mol. The van der Waals surface area contributed by atoms with Crippen molar-refractivity contribution in [2.75, 3.05) is 0 Å². The molecule has 1 atom stereocenters. The first-order valence-electron chi connectivity index (χ1n) is 5.19. The Morgan fingerprint density at radius 1 is 1.18 bits per heavy atom. The fraction of sp³-hybridized carbons (Fsp3) is 0.333. The van der Waals surface area contributed by atoms with Crippen molar-refractivity contribution < 1.29 is 19.5 Å². The topological polar surface area (TPSA) is 77.8 Å². The molecule has 0 aromatic heterocycles. The molecule has 0 unspecified atom stereocenters. The predicted molar refractivity (Wildman–Crippen MR) is 67.4 cm³/mol. The van der Waals surface area contributed by atoms with Crippen molar-refractivity contribution in [2.45, 2.75) is 26.1 Å². The summed E-state index contributed by atoms with van der Waals surface area (Å²) in [6.07, 6.45) is 0. The van der Waals surface area contributed by atoms with Gasteiger partial charge >= 0.3 is 7.60 Å². The van der Waals surface area contributed by atoms with E-state index >= 15 is 0 Å². The van der Waals surface area contributed by atoms with Crippen LogP contribution in [0.2, 0.25) is 0 Å². The zero-order valence-corrected chi connectivity index (χ0v) is 11.0. The van der Waals surface area contributed by atoms with Crippen LogP contribution in [-0.2, 0) is 4.57 Å². The molecule has 1 aromatic carbocycles. The zero-order valence-electron chi connectivity index (χ0n) is 10.1. The van der Waals surface area contributed by atoms with Crippen LogP contribution in [0.4, 0.5) is 0 Å². The second-order valence-electron chi connectivity index (χ2n) is 4.18. The highest BCUT2D eigenvalue weighted by Gasteiger charge is 2.42. The van der Waals surface area contributed by atoms with Crippen LogP contribution >= 0.6 is 7.60 Å². The number of aliphatic hydroxyl groups is 1. The van der Waals surface area contributed by atoms with Gasteiger partial charge in [0.2, 0.25) is 0 Å². The van der Waals surface area contributed by atoms with E-state index < -0.39 is 12.9 Å². The summed E-state index contributed by atoms with van der Waals surface area (Å²) >= 11 is 0. The summed E-state index contributed by atoms with van der Waals surface area (Å²) in [5, 5.41) is 7.80. The third-order valence-electron chi connectivity index (χ3n) is 3.05. The van der Waals surface area contributed by atoms with Crippen molar-refractivity contribution in [3.8, 4) is 0 Å². The first-order chi connectivity index (χ1) is 7.68. The molecule has 4 nitrogen and oxygen atoms in total. The predicted octanol–water partition coefficient (Wildman–Crippen LogP) is 2.37. The molecule has 0 radical (unpaired) electrons. The van der Waals surface area contributed by atoms with Gasteiger partial charge in [-0.25, -0.2) is 0 Å². The van der Waals surface area contributed by atoms with Crippen LogP contribution in [0.1, 0.15) is 26.3 Å². The Hall–Kier alpha value is -0.930. The summed E-state index contributed by atoms with van der Waals surface area (Å²) < 4.78 is 11.2. The molecule has 94 valence electrons. The third-order valence-corrected chi connectivity index (χ3v) is 4.52. The highest BCUT2D eigenvalue weighted by Crippen LogP contribution is 2.53. The quantitative estimate of drug-likeness (QED) is 0.725. The van der Waals surface area contributed by atoms with Crippen LogP contribution in [0.3, 0.4) is 0 Å². The van der Waals surface area contributed by atoms with Gasteiger partial charge in [-0.05, 0) is 37.5 Å². The number of allylic oxidation sites excluding steroid dienone is 1. The van der Waals surface area contributed by atoms with E-state index in [4.69, 9.17) is 9.79 Å². The van der Waals surface area contributed by atoms with Gasteiger partial charge < -0.3 is 14.9 Å². The van der Waals surface area contributed by atoms with Crippen molar-refractivity contribution in [3.05, 3.63) is 41.5 Å². The van der Waals surface area contributed by atoms with Gasteiger partial charge in [-0.15, -0.1) is 0 Å². The Labute approximate surface area is 101 Å². The maximum atomic E-state index is 11.2. The average Bonchev–Trinajstić information content (AvgIpc) is 2.26. The minimum absolute atomic E-state index is 0.275. The molecule has 17 heavy (non-hydrogen) atoms. The number of rotatable bonds is 3. The SMILES string of the molecule is C/C(=C(/C)[C@@](C)(O)P(=O)(O)O)c1ccccc1. The van der Waals surface area contributed by atoms with Crippen molar-refractivity contribution in [1.82, 2.24) is 0 Å². The lowest BCUT2D eigenvalue weighted by Crippen LogP contribution is -2.26. The molecular formula is C12H17O4P. The maximum Gasteiger partial charge on any atom is 0.360 e. The van der Waals surface area contributed by atoms with Gasteiger partial charge in [-0.1, -0.05) is 30.3 Å². The lowest BCUT2D eigenvalue weighted by atomic mass is 9.99. The van der Waals surface area contributed by atoms with E-state index in [1.807, 2.05) is 30.3 Å². The van der Waals surface area contributed by atoms with E-state index in [1.165, 1.54) is 6.92 Å². The molecule has 0 amide bonds. The van der Waals surface area contributed by atoms with Gasteiger partial charge in [-0.3, -0.25) is 4.57 Å². The lowest BCUT2D eigenvalue weighted by molar-refractivity contribution is 0.142. The maximum absolute atomic E-state index is 11.2. The Morgan fingerprint density at radius 2 is 1.65 bits per heavy atom. The van der Waals surface area contributed by atoms with Crippen molar-refractivity contribution in [3.63, 3.8) is 0 Å². The van der Waals surface area contributed by atoms with Gasteiger partial charge in [0.1, 0.15) is 0 Å². The minimum Gasteiger partial charge on any atom is -0.374 e. The fourth-order valence-corrected chi connectivity index (χ4v) is 2.08. The van der Waals surface area contributed by atoms with Gasteiger partial charge in [0.05, 0.1) is 0 Å². The molecule has 0 spiro atoms. The molecule has 0 aliphatic heterocycles. The van der Waals surface area contributed by atoms with Crippen LogP contribution in [0.5, 0.6) is 0 Å². The average molecular weight is 256 g/mol. The highest BCUT2D eigenvalue weighted by molar-refractivity contribution is 7.53. The van der Waals surface area contributed by atoms with E-state index in [0.717, 1.165) is 12.5 Å². The van der Waals surface area contributed by atoms with Crippen molar-refractivity contribution in [2.24, 2.45) is 0 Å². The van der Waals surface area contributed by atoms with Crippen molar-refractivity contribution in [1.29, 1.82) is 0 Å². The standard InChI is InChI=1S/C12H17O4P/c1-9(11-7-5-4-6-8-11)10(2)12(3,13)17(14,15)16/h4-8,13H,1-3H3,(H2,14,15,16)/b10-9+/t12-/m0/s1. The van der Waals surface area contributed by atoms with Crippen LogP contribution in [0, 0.1) is 0 Å². The second kappa shape index (κ2) is 4.75. The Bertz CT molecular complexity index is 471. The molecule has 0 aliphatic carbocycles. The largest absolute Gasteiger partial charge is 0.374 e. The van der Waals surface area contributed by atoms with Gasteiger partial charge in [0, 0.05) is 0 Å². The molecule has 0 bridgehead atoms. The molecule has 0 aliphatic rings. The minimum atomic E-state index is -4.60. The van der Waals surface area contributed by atoms with E-state index in [9.17, 15) is 9.67 Å². The lowest BCUT2D eigenvalue weighted by Gasteiger charge is -2.27. The van der Waals surface area contributed by atoms with E-state index in [2.05, 4.69) is 0 Å². The first kappa shape index (κ1) is 14.1. The van der Waals surface area contributed by atoms with Crippen LogP contribution < -0.4 is 0 Å². The van der Waals surface area contributed by atoms with Crippen LogP contribution in [-0.4, -0.2) is 20.2 Å². The molecule has 5 heteroatoms.